The largest absolute Gasteiger partial charge is 0.487 e. The molecule has 6 rings (SSSR count). The van der Waals surface area contributed by atoms with Crippen LogP contribution in [0.25, 0.3) is 17.2 Å². The zero-order valence-corrected chi connectivity index (χ0v) is 27.5. The Morgan fingerprint density at radius 3 is 2.21 bits per heavy atom. The molecule has 0 aliphatic carbocycles. The van der Waals surface area contributed by atoms with E-state index in [1.165, 1.54) is 22.3 Å². The number of benzene rings is 4. The molecule has 1 aliphatic rings. The highest BCUT2D eigenvalue weighted by atomic mass is 35.5. The van der Waals surface area contributed by atoms with Crippen LogP contribution in [0.3, 0.4) is 0 Å². The third-order valence-corrected chi connectivity index (χ3v) is 8.54. The number of carbonyl (C=O) groups excluding carboxylic acids is 1. The maximum atomic E-state index is 13.0. The third-order valence-electron chi connectivity index (χ3n) is 8.26. The molecule has 1 aliphatic heterocycles. The molecule has 7 heteroatoms. The number of halogens is 1. The normalized spacial score (nSPS) is 13.6. The van der Waals surface area contributed by atoms with Crippen LogP contribution in [0, 0.1) is 13.8 Å². The molecule has 6 nitrogen and oxygen atoms in total. The predicted molar refractivity (Wildman–Crippen MR) is 189 cm³/mol. The van der Waals surface area contributed by atoms with Crippen LogP contribution in [-0.2, 0) is 17.9 Å². The second kappa shape index (κ2) is 15.1. The van der Waals surface area contributed by atoms with Crippen LogP contribution in [0.5, 0.6) is 17.4 Å². The fraction of sp³-hybridized carbons (Fsp3) is 0.200. The molecule has 1 amide bonds. The van der Waals surface area contributed by atoms with Crippen LogP contribution in [-0.4, -0.2) is 46.9 Å². The van der Waals surface area contributed by atoms with Gasteiger partial charge in [0.2, 0.25) is 11.8 Å². The number of rotatable bonds is 10. The monoisotopic (exact) mass is 643 g/mol. The van der Waals surface area contributed by atoms with E-state index in [9.17, 15) is 4.79 Å². The summed E-state index contributed by atoms with van der Waals surface area (Å²) in [6, 6.07) is 34.7. The van der Waals surface area contributed by atoms with Crippen molar-refractivity contribution in [2.45, 2.75) is 27.0 Å². The molecule has 47 heavy (non-hydrogen) atoms. The van der Waals surface area contributed by atoms with Crippen LogP contribution >= 0.6 is 11.6 Å². The van der Waals surface area contributed by atoms with E-state index >= 15 is 0 Å². The van der Waals surface area contributed by atoms with Crippen LogP contribution in [0.2, 0.25) is 5.02 Å². The van der Waals surface area contributed by atoms with E-state index in [4.69, 9.17) is 21.1 Å². The van der Waals surface area contributed by atoms with Gasteiger partial charge in [-0.1, -0.05) is 96.0 Å². The summed E-state index contributed by atoms with van der Waals surface area (Å²) < 4.78 is 11.9. The number of aromatic nitrogens is 1. The van der Waals surface area contributed by atoms with E-state index in [0.29, 0.717) is 42.1 Å². The Labute approximate surface area is 281 Å². The number of aryl methyl sites for hydroxylation is 2. The van der Waals surface area contributed by atoms with Gasteiger partial charge < -0.3 is 14.4 Å². The number of amides is 1. The molecule has 1 saturated heterocycles. The van der Waals surface area contributed by atoms with Crippen molar-refractivity contribution in [1.82, 2.24) is 14.8 Å². The quantitative estimate of drug-likeness (QED) is 0.142. The van der Waals surface area contributed by atoms with Crippen molar-refractivity contribution in [2.24, 2.45) is 0 Å². The summed E-state index contributed by atoms with van der Waals surface area (Å²) in [6.07, 6.45) is 5.07. The summed E-state index contributed by atoms with van der Waals surface area (Å²) in [5.74, 6) is 1.60. The summed E-state index contributed by atoms with van der Waals surface area (Å²) in [7, 11) is 0. The van der Waals surface area contributed by atoms with E-state index in [2.05, 4.69) is 89.6 Å². The van der Waals surface area contributed by atoms with Crippen LogP contribution in [0.4, 0.5) is 0 Å². The highest BCUT2D eigenvalue weighted by molar-refractivity contribution is 6.32. The Hall–Kier alpha value is -4.91. The molecular formula is C40H38ClN3O3. The van der Waals surface area contributed by atoms with Crippen molar-refractivity contribution < 1.29 is 14.3 Å². The van der Waals surface area contributed by atoms with Gasteiger partial charge in [-0.15, -0.1) is 0 Å². The predicted octanol–water partition coefficient (Wildman–Crippen LogP) is 8.75. The number of hydrogen-bond donors (Lipinski definition) is 0. The molecule has 2 heterocycles. The lowest BCUT2D eigenvalue weighted by molar-refractivity contribution is -0.127. The maximum Gasteiger partial charge on any atom is 0.246 e. The van der Waals surface area contributed by atoms with Crippen molar-refractivity contribution in [3.8, 4) is 28.5 Å². The molecule has 0 radical (unpaired) electrons. The zero-order valence-electron chi connectivity index (χ0n) is 26.7. The van der Waals surface area contributed by atoms with Gasteiger partial charge in [0, 0.05) is 44.9 Å². The van der Waals surface area contributed by atoms with Gasteiger partial charge in [-0.05, 0) is 71.5 Å². The maximum absolute atomic E-state index is 13.0. The lowest BCUT2D eigenvalue weighted by Crippen LogP contribution is -2.47. The molecule has 1 fully saturated rings. The van der Waals surface area contributed by atoms with E-state index in [0.717, 1.165) is 36.3 Å². The Morgan fingerprint density at radius 2 is 1.53 bits per heavy atom. The second-order valence-electron chi connectivity index (χ2n) is 11.9. The third kappa shape index (κ3) is 8.67. The minimum atomic E-state index is -0.000136. The van der Waals surface area contributed by atoms with E-state index in [1.54, 1.807) is 24.4 Å². The fourth-order valence-corrected chi connectivity index (χ4v) is 5.86. The van der Waals surface area contributed by atoms with Crippen molar-refractivity contribution in [3.05, 3.63) is 148 Å². The molecule has 1 aromatic heterocycles. The number of ether oxygens (including phenoxy) is 2. The van der Waals surface area contributed by atoms with Crippen LogP contribution in [0.15, 0.2) is 115 Å². The van der Waals surface area contributed by atoms with Gasteiger partial charge in [0.05, 0.1) is 11.2 Å². The second-order valence-corrected chi connectivity index (χ2v) is 12.3. The summed E-state index contributed by atoms with van der Waals surface area (Å²) in [5, 5.41) is 0.448. The molecule has 0 spiro atoms. The topological polar surface area (TPSA) is 54.9 Å². The summed E-state index contributed by atoms with van der Waals surface area (Å²) >= 11 is 6.62. The zero-order chi connectivity index (χ0) is 32.6. The minimum absolute atomic E-state index is 0.000136. The average molecular weight is 644 g/mol. The van der Waals surface area contributed by atoms with Gasteiger partial charge >= 0.3 is 0 Å². The molecule has 4 aromatic carbocycles. The van der Waals surface area contributed by atoms with Crippen molar-refractivity contribution in [1.29, 1.82) is 0 Å². The van der Waals surface area contributed by atoms with Crippen LogP contribution in [0.1, 0.15) is 27.8 Å². The van der Waals surface area contributed by atoms with Gasteiger partial charge in [-0.25, -0.2) is 4.98 Å². The number of nitrogens with zero attached hydrogens (tertiary/aromatic N) is 3. The SMILES string of the molecule is Cc1ccc(COc2ccc(Oc3c(C)cc(/C=C/C(=O)N4CCN(Cc5ccc(-c6ccccc6)cc5)CC4)cc3Cl)nc2)cc1. The smallest absolute Gasteiger partial charge is 0.246 e. The van der Waals surface area contributed by atoms with Crippen molar-refractivity contribution in [3.63, 3.8) is 0 Å². The molecular weight excluding hydrogens is 606 g/mol. The Bertz CT molecular complexity index is 1790. The first-order valence-corrected chi connectivity index (χ1v) is 16.2. The highest BCUT2D eigenvalue weighted by Gasteiger charge is 2.20. The number of pyridine rings is 1. The van der Waals surface area contributed by atoms with Crippen molar-refractivity contribution >= 4 is 23.6 Å². The van der Waals surface area contributed by atoms with Crippen molar-refractivity contribution in [2.75, 3.05) is 26.2 Å². The Kier molecular flexibility index (Phi) is 10.3. The molecule has 0 bridgehead atoms. The standard InChI is InChI=1S/C40H38ClN3O3/c1-29-8-10-32(11-9-29)28-46-36-17-18-38(42-26-36)47-40-30(2)24-33(25-37(40)41)14-19-39(45)44-22-20-43(21-23-44)27-31-12-15-35(16-13-31)34-6-4-3-5-7-34/h3-19,24-26H,20-23,27-28H2,1-2H3/b19-14+. The van der Waals surface area contributed by atoms with Gasteiger partial charge in [0.15, 0.2) is 5.75 Å². The molecule has 0 N–H and O–H groups in total. The number of carbonyl (C=O) groups is 1. The Balaban J connectivity index is 0.978. The van der Waals surface area contributed by atoms with Crippen LogP contribution < -0.4 is 9.47 Å². The Morgan fingerprint density at radius 1 is 0.830 bits per heavy atom. The summed E-state index contributed by atoms with van der Waals surface area (Å²) in [5.41, 5.74) is 7.70. The van der Waals surface area contributed by atoms with Gasteiger partial charge in [0.1, 0.15) is 12.4 Å². The van der Waals surface area contributed by atoms with Gasteiger partial charge in [0.25, 0.3) is 0 Å². The van der Waals surface area contributed by atoms with Gasteiger partial charge in [-0.2, -0.15) is 0 Å². The van der Waals surface area contributed by atoms with E-state index < -0.39 is 0 Å². The first-order chi connectivity index (χ1) is 22.9. The first kappa shape index (κ1) is 32.0. The molecule has 5 aromatic rings. The van der Waals surface area contributed by atoms with E-state index in [1.807, 2.05) is 36.1 Å². The summed E-state index contributed by atoms with van der Waals surface area (Å²) in [4.78, 5) is 21.7. The lowest BCUT2D eigenvalue weighted by atomic mass is 10.0. The molecule has 238 valence electrons. The molecule has 0 saturated carbocycles. The lowest BCUT2D eigenvalue weighted by Gasteiger charge is -2.34. The van der Waals surface area contributed by atoms with Gasteiger partial charge in [-0.3, -0.25) is 9.69 Å². The molecule has 0 unspecified atom stereocenters. The first-order valence-electron chi connectivity index (χ1n) is 15.9. The highest BCUT2D eigenvalue weighted by Crippen LogP contribution is 2.34. The number of piperazine rings is 1. The summed E-state index contributed by atoms with van der Waals surface area (Å²) in [6.45, 7) is 8.39. The average Bonchev–Trinajstić information content (AvgIpc) is 3.10. The fourth-order valence-electron chi connectivity index (χ4n) is 5.54. The molecule has 0 atom stereocenters. The van der Waals surface area contributed by atoms with E-state index in [-0.39, 0.29) is 5.91 Å². The number of hydrogen-bond acceptors (Lipinski definition) is 5. The minimum Gasteiger partial charge on any atom is -0.487 e.